The van der Waals surface area contributed by atoms with Gasteiger partial charge in [0, 0.05) is 0 Å². The predicted octanol–water partition coefficient (Wildman–Crippen LogP) is 1.31. The van der Waals surface area contributed by atoms with E-state index in [1.807, 2.05) is 13.0 Å². The quantitative estimate of drug-likeness (QED) is 0.810. The summed E-state index contributed by atoms with van der Waals surface area (Å²) in [5, 5.41) is 17.5. The minimum atomic E-state index is -3.80. The summed E-state index contributed by atoms with van der Waals surface area (Å²) >= 11 is 0. The van der Waals surface area contributed by atoms with Crippen molar-refractivity contribution in [2.24, 2.45) is 0 Å². The Morgan fingerprint density at radius 2 is 2.06 bits per heavy atom. The molecule has 0 aliphatic carbocycles. The van der Waals surface area contributed by atoms with Crippen molar-refractivity contribution < 1.29 is 8.42 Å². The second-order valence-electron chi connectivity index (χ2n) is 3.63. The van der Waals surface area contributed by atoms with E-state index < -0.39 is 10.0 Å². The Bertz CT molecular complexity index is 609. The highest BCUT2D eigenvalue weighted by molar-refractivity contribution is 7.89. The highest BCUT2D eigenvalue weighted by Gasteiger charge is 2.19. The number of benzene rings is 1. The third-order valence-electron chi connectivity index (χ3n) is 2.37. The van der Waals surface area contributed by atoms with Gasteiger partial charge < -0.3 is 0 Å². The third-order valence-corrected chi connectivity index (χ3v) is 3.82. The first-order valence-corrected chi connectivity index (χ1v) is 6.93. The monoisotopic (exact) mass is 263 g/mol. The number of hydrogen-bond acceptors (Lipinski definition) is 4. The van der Waals surface area contributed by atoms with Crippen LogP contribution in [0.5, 0.6) is 0 Å². The maximum absolute atomic E-state index is 11.9. The van der Waals surface area contributed by atoms with Gasteiger partial charge in [-0.1, -0.05) is 25.5 Å². The molecule has 0 spiro atoms. The summed E-state index contributed by atoms with van der Waals surface area (Å²) in [6.07, 6.45) is 1.47. The summed E-state index contributed by atoms with van der Waals surface area (Å²) < 4.78 is 26.0. The van der Waals surface area contributed by atoms with E-state index in [0.717, 1.165) is 6.42 Å². The molecule has 0 saturated heterocycles. The number of aryl methyl sites for hydroxylation is 1. The van der Waals surface area contributed by atoms with Gasteiger partial charge in [0.05, 0.1) is 18.2 Å². The van der Waals surface area contributed by atoms with E-state index in [1.54, 1.807) is 18.2 Å². The van der Waals surface area contributed by atoms with Crippen LogP contribution < -0.4 is 4.72 Å². The van der Waals surface area contributed by atoms with E-state index in [9.17, 15) is 8.42 Å². The lowest BCUT2D eigenvalue weighted by atomic mass is 10.0. The fourth-order valence-electron chi connectivity index (χ4n) is 1.61. The number of nitrogens with zero attached hydrogens (tertiary/aromatic N) is 2. The number of nitrogens with one attached hydrogen (secondary N) is 1. The average Bonchev–Trinajstić information content (AvgIpc) is 2.36. The molecular weight excluding hydrogens is 250 g/mol. The second-order valence-corrected chi connectivity index (χ2v) is 5.37. The maximum atomic E-state index is 11.9. The topological polar surface area (TPSA) is 93.8 Å². The molecule has 0 radical (unpaired) electrons. The zero-order valence-corrected chi connectivity index (χ0v) is 10.8. The first-order chi connectivity index (χ1) is 8.56. The van der Waals surface area contributed by atoms with Crippen molar-refractivity contribution in [1.82, 2.24) is 4.72 Å². The maximum Gasteiger partial charge on any atom is 0.242 e. The molecule has 0 aromatic heterocycles. The van der Waals surface area contributed by atoms with E-state index in [-0.39, 0.29) is 17.0 Å². The molecule has 18 heavy (non-hydrogen) atoms. The molecule has 1 rings (SSSR count). The summed E-state index contributed by atoms with van der Waals surface area (Å²) in [6.45, 7) is 1.64. The lowest BCUT2D eigenvalue weighted by Gasteiger charge is -2.09. The molecule has 1 aromatic rings. The van der Waals surface area contributed by atoms with Crippen LogP contribution in [0.15, 0.2) is 23.1 Å². The zero-order chi connectivity index (χ0) is 13.6. The largest absolute Gasteiger partial charge is 0.242 e. The number of rotatable bonds is 5. The standard InChI is InChI=1S/C12H13N3O2S/c1-2-4-10-5-3-6-12(11(10)9-14)18(16,17)15-8-7-13/h3,5-6,15H,2,4,8H2,1H3. The normalized spacial score (nSPS) is 10.6. The van der Waals surface area contributed by atoms with Gasteiger partial charge in [0.1, 0.15) is 11.0 Å². The molecule has 0 saturated carbocycles. The number of nitriles is 2. The Morgan fingerprint density at radius 3 is 2.61 bits per heavy atom. The van der Waals surface area contributed by atoms with Gasteiger partial charge in [-0.25, -0.2) is 8.42 Å². The molecule has 0 unspecified atom stereocenters. The summed E-state index contributed by atoms with van der Waals surface area (Å²) in [4.78, 5) is -0.0637. The predicted molar refractivity (Wildman–Crippen MR) is 66.0 cm³/mol. The van der Waals surface area contributed by atoms with E-state index in [1.165, 1.54) is 6.07 Å². The van der Waals surface area contributed by atoms with Crippen LogP contribution in [0.25, 0.3) is 0 Å². The van der Waals surface area contributed by atoms with Crippen molar-refractivity contribution in [3.8, 4) is 12.1 Å². The molecule has 1 N–H and O–H groups in total. The minimum Gasteiger partial charge on any atom is -0.207 e. The molecule has 94 valence electrons. The summed E-state index contributed by atoms with van der Waals surface area (Å²) in [6, 6.07) is 8.34. The molecular formula is C12H13N3O2S. The SMILES string of the molecule is CCCc1cccc(S(=O)(=O)NCC#N)c1C#N. The summed E-state index contributed by atoms with van der Waals surface area (Å²) in [5.74, 6) is 0. The third kappa shape index (κ3) is 3.07. The molecule has 0 bridgehead atoms. The molecule has 0 fully saturated rings. The molecule has 1 aromatic carbocycles. The highest BCUT2D eigenvalue weighted by atomic mass is 32.2. The number of sulfonamides is 1. The van der Waals surface area contributed by atoms with Gasteiger partial charge in [-0.05, 0) is 18.1 Å². The van der Waals surface area contributed by atoms with E-state index >= 15 is 0 Å². The lowest BCUT2D eigenvalue weighted by molar-refractivity contribution is 0.585. The molecule has 5 nitrogen and oxygen atoms in total. The van der Waals surface area contributed by atoms with Gasteiger partial charge in [0.25, 0.3) is 0 Å². The van der Waals surface area contributed by atoms with Crippen molar-refractivity contribution in [3.63, 3.8) is 0 Å². The molecule has 0 heterocycles. The summed E-state index contributed by atoms with van der Waals surface area (Å²) in [5.41, 5.74) is 0.865. The van der Waals surface area contributed by atoms with Gasteiger partial charge in [0.2, 0.25) is 10.0 Å². The fourth-order valence-corrected chi connectivity index (χ4v) is 2.72. The molecule has 6 heteroatoms. The smallest absolute Gasteiger partial charge is 0.207 e. The summed E-state index contributed by atoms with van der Waals surface area (Å²) in [7, 11) is -3.80. The molecule has 0 atom stereocenters. The van der Waals surface area contributed by atoms with Crippen molar-refractivity contribution in [2.45, 2.75) is 24.7 Å². The zero-order valence-electron chi connectivity index (χ0n) is 9.97. The van der Waals surface area contributed by atoms with Crippen LogP contribution in [-0.2, 0) is 16.4 Å². The van der Waals surface area contributed by atoms with Crippen molar-refractivity contribution >= 4 is 10.0 Å². The van der Waals surface area contributed by atoms with E-state index in [2.05, 4.69) is 4.72 Å². The van der Waals surface area contributed by atoms with Crippen LogP contribution in [0, 0.1) is 22.7 Å². The average molecular weight is 263 g/mol. The van der Waals surface area contributed by atoms with E-state index in [4.69, 9.17) is 10.5 Å². The molecule has 0 aliphatic rings. The Morgan fingerprint density at radius 1 is 1.33 bits per heavy atom. The highest BCUT2D eigenvalue weighted by Crippen LogP contribution is 2.20. The van der Waals surface area contributed by atoms with Crippen molar-refractivity contribution in [2.75, 3.05) is 6.54 Å². The van der Waals surface area contributed by atoms with Crippen LogP contribution in [0.1, 0.15) is 24.5 Å². The Labute approximate surface area is 107 Å². The van der Waals surface area contributed by atoms with Gasteiger partial charge in [-0.15, -0.1) is 0 Å². The fraction of sp³-hybridized carbons (Fsp3) is 0.333. The molecule has 0 aliphatic heterocycles. The number of hydrogen-bond donors (Lipinski definition) is 1. The molecule has 0 amide bonds. The van der Waals surface area contributed by atoms with Crippen LogP contribution in [0.4, 0.5) is 0 Å². The van der Waals surface area contributed by atoms with Gasteiger partial charge in [0.15, 0.2) is 0 Å². The lowest BCUT2D eigenvalue weighted by Crippen LogP contribution is -2.25. The Hall–Kier alpha value is -1.89. The van der Waals surface area contributed by atoms with Crippen molar-refractivity contribution in [1.29, 1.82) is 10.5 Å². The first-order valence-electron chi connectivity index (χ1n) is 5.45. The van der Waals surface area contributed by atoms with Crippen molar-refractivity contribution in [3.05, 3.63) is 29.3 Å². The Kier molecular flexibility index (Phi) is 4.85. The van der Waals surface area contributed by atoms with Gasteiger partial charge in [-0.2, -0.15) is 15.2 Å². The van der Waals surface area contributed by atoms with Gasteiger partial charge in [-0.3, -0.25) is 0 Å². The van der Waals surface area contributed by atoms with Crippen LogP contribution in [0.3, 0.4) is 0 Å². The van der Waals surface area contributed by atoms with Crippen LogP contribution >= 0.6 is 0 Å². The first kappa shape index (κ1) is 14.2. The van der Waals surface area contributed by atoms with E-state index in [0.29, 0.717) is 12.0 Å². The minimum absolute atomic E-state index is 0.0637. The van der Waals surface area contributed by atoms with Gasteiger partial charge >= 0.3 is 0 Å². The Balaban J connectivity index is 3.30. The second kappa shape index (κ2) is 6.15. The van der Waals surface area contributed by atoms with Crippen LogP contribution in [-0.4, -0.2) is 15.0 Å². The van der Waals surface area contributed by atoms with Crippen LogP contribution in [0.2, 0.25) is 0 Å².